The van der Waals surface area contributed by atoms with Crippen molar-refractivity contribution in [2.45, 2.75) is 19.0 Å². The molecule has 0 fully saturated rings. The average Bonchev–Trinajstić information content (AvgIpc) is 3.09. The third-order valence-corrected chi connectivity index (χ3v) is 3.92. The Hall–Kier alpha value is -2.73. The zero-order valence-electron chi connectivity index (χ0n) is 14.3. The highest BCUT2D eigenvalue weighted by Crippen LogP contribution is 2.22. The summed E-state index contributed by atoms with van der Waals surface area (Å²) in [6.45, 7) is 0.368. The van der Waals surface area contributed by atoms with Gasteiger partial charge in [-0.3, -0.25) is 0 Å². The minimum atomic E-state index is -0.226. The number of rotatable bonds is 7. The first kappa shape index (κ1) is 17.1. The maximum Gasteiger partial charge on any atom is 0.265 e. The molecule has 2 aromatic carbocycles. The van der Waals surface area contributed by atoms with Gasteiger partial charge in [-0.2, -0.15) is 4.98 Å². The highest BCUT2D eigenvalue weighted by atomic mass is 19.1. The van der Waals surface area contributed by atoms with Crippen LogP contribution in [0.2, 0.25) is 0 Å². The summed E-state index contributed by atoms with van der Waals surface area (Å²) in [4.78, 5) is 6.07. The van der Waals surface area contributed by atoms with Crippen molar-refractivity contribution < 1.29 is 8.91 Å². The van der Waals surface area contributed by atoms with Gasteiger partial charge in [-0.05, 0) is 23.2 Å². The summed E-state index contributed by atoms with van der Waals surface area (Å²) in [6, 6.07) is 16.6. The molecule has 1 aromatic heterocycles. The van der Waals surface area contributed by atoms with Crippen LogP contribution in [0.4, 0.5) is 10.3 Å². The lowest BCUT2D eigenvalue weighted by atomic mass is 9.98. The molecule has 6 heteroatoms. The third-order valence-electron chi connectivity index (χ3n) is 3.92. The third kappa shape index (κ3) is 4.42. The van der Waals surface area contributed by atoms with Crippen molar-refractivity contribution in [2.24, 2.45) is 0 Å². The number of halogens is 1. The van der Waals surface area contributed by atoms with Crippen LogP contribution in [-0.2, 0) is 13.0 Å². The first-order valence-corrected chi connectivity index (χ1v) is 8.15. The van der Waals surface area contributed by atoms with Gasteiger partial charge in [-0.25, -0.2) is 4.39 Å². The van der Waals surface area contributed by atoms with Crippen LogP contribution >= 0.6 is 0 Å². The molecule has 25 heavy (non-hydrogen) atoms. The Bertz CT molecular complexity index is 804. The van der Waals surface area contributed by atoms with Gasteiger partial charge in [0.15, 0.2) is 0 Å². The molecule has 0 aliphatic heterocycles. The number of hydrogen-bond acceptors (Lipinski definition) is 5. The molecule has 130 valence electrons. The van der Waals surface area contributed by atoms with E-state index in [9.17, 15) is 4.39 Å². The number of hydrogen-bond donors (Lipinski definition) is 1. The molecule has 1 N–H and O–H groups in total. The molecular weight excluding hydrogens is 319 g/mol. The van der Waals surface area contributed by atoms with Crippen molar-refractivity contribution >= 4 is 5.95 Å². The molecule has 0 unspecified atom stereocenters. The Kier molecular flexibility index (Phi) is 5.40. The minimum absolute atomic E-state index is 0.196. The molecule has 0 saturated heterocycles. The van der Waals surface area contributed by atoms with Gasteiger partial charge < -0.3 is 14.7 Å². The van der Waals surface area contributed by atoms with Gasteiger partial charge in [0.1, 0.15) is 5.82 Å². The SMILES string of the molecule is CN(C)c1noc(CN[C@@H](Cc2ccccc2)c2ccccc2F)n1. The molecule has 3 aromatic rings. The molecule has 0 bridgehead atoms. The van der Waals surface area contributed by atoms with Crippen LogP contribution in [0.15, 0.2) is 59.1 Å². The van der Waals surface area contributed by atoms with Crippen molar-refractivity contribution in [3.63, 3.8) is 0 Å². The Labute approximate surface area is 146 Å². The van der Waals surface area contributed by atoms with Gasteiger partial charge in [0, 0.05) is 25.7 Å². The van der Waals surface area contributed by atoms with Crippen molar-refractivity contribution in [3.05, 3.63) is 77.4 Å². The maximum absolute atomic E-state index is 14.3. The highest BCUT2D eigenvalue weighted by Gasteiger charge is 2.17. The molecule has 0 amide bonds. The number of nitrogens with one attached hydrogen (secondary N) is 1. The number of benzene rings is 2. The van der Waals surface area contributed by atoms with E-state index in [4.69, 9.17) is 4.52 Å². The largest absolute Gasteiger partial charge is 0.344 e. The quantitative estimate of drug-likeness (QED) is 0.715. The molecule has 1 heterocycles. The summed E-state index contributed by atoms with van der Waals surface area (Å²) in [5.41, 5.74) is 1.75. The normalized spacial score (nSPS) is 12.1. The van der Waals surface area contributed by atoms with E-state index >= 15 is 0 Å². The Morgan fingerprint density at radius 2 is 1.80 bits per heavy atom. The summed E-state index contributed by atoms with van der Waals surface area (Å²) in [5.74, 6) is 0.760. The fourth-order valence-electron chi connectivity index (χ4n) is 2.61. The van der Waals surface area contributed by atoms with Crippen LogP contribution in [0, 0.1) is 5.82 Å². The van der Waals surface area contributed by atoms with Gasteiger partial charge in [0.2, 0.25) is 5.89 Å². The Morgan fingerprint density at radius 3 is 2.48 bits per heavy atom. The molecule has 0 radical (unpaired) electrons. The van der Waals surface area contributed by atoms with Gasteiger partial charge in [0.25, 0.3) is 5.95 Å². The van der Waals surface area contributed by atoms with Crippen LogP contribution < -0.4 is 10.2 Å². The topological polar surface area (TPSA) is 54.2 Å². The fraction of sp³-hybridized carbons (Fsp3) is 0.263. The van der Waals surface area contributed by atoms with Gasteiger partial charge in [-0.1, -0.05) is 48.5 Å². The number of aromatic nitrogens is 2. The van der Waals surface area contributed by atoms with E-state index in [-0.39, 0.29) is 11.9 Å². The maximum atomic E-state index is 14.3. The summed E-state index contributed by atoms with van der Waals surface area (Å²) in [7, 11) is 3.69. The lowest BCUT2D eigenvalue weighted by Gasteiger charge is -2.19. The van der Waals surface area contributed by atoms with Crippen molar-refractivity contribution in [1.29, 1.82) is 0 Å². The van der Waals surface area contributed by atoms with Gasteiger partial charge in [-0.15, -0.1) is 0 Å². The van der Waals surface area contributed by atoms with Crippen LogP contribution in [0.5, 0.6) is 0 Å². The molecule has 0 saturated carbocycles. The van der Waals surface area contributed by atoms with E-state index in [1.54, 1.807) is 17.0 Å². The molecule has 5 nitrogen and oxygen atoms in total. The first-order valence-electron chi connectivity index (χ1n) is 8.15. The lowest BCUT2D eigenvalue weighted by molar-refractivity contribution is 0.355. The van der Waals surface area contributed by atoms with E-state index in [1.807, 2.05) is 50.5 Å². The Morgan fingerprint density at radius 1 is 1.08 bits per heavy atom. The van der Waals surface area contributed by atoms with Crippen molar-refractivity contribution in [1.82, 2.24) is 15.5 Å². The average molecular weight is 340 g/mol. The molecule has 0 aliphatic rings. The first-order chi connectivity index (χ1) is 12.1. The molecular formula is C19H21FN4O. The van der Waals surface area contributed by atoms with Crippen LogP contribution in [0.1, 0.15) is 23.1 Å². The van der Waals surface area contributed by atoms with E-state index in [0.717, 1.165) is 5.56 Å². The van der Waals surface area contributed by atoms with Crippen molar-refractivity contribution in [2.75, 3.05) is 19.0 Å². The second-order valence-corrected chi connectivity index (χ2v) is 6.03. The van der Waals surface area contributed by atoms with Crippen LogP contribution in [-0.4, -0.2) is 24.2 Å². The summed E-state index contributed by atoms with van der Waals surface area (Å²) in [5, 5.41) is 7.23. The standard InChI is InChI=1S/C19H21FN4O/c1-24(2)19-22-18(25-23-19)13-21-17(12-14-8-4-3-5-9-14)15-10-6-7-11-16(15)20/h3-11,17,21H,12-13H2,1-2H3/t17-/m0/s1. The zero-order valence-corrected chi connectivity index (χ0v) is 14.3. The molecule has 0 spiro atoms. The lowest BCUT2D eigenvalue weighted by Crippen LogP contribution is -2.24. The van der Waals surface area contributed by atoms with Gasteiger partial charge in [0.05, 0.1) is 6.54 Å². The monoisotopic (exact) mass is 340 g/mol. The highest BCUT2D eigenvalue weighted by molar-refractivity contribution is 5.26. The number of nitrogens with zero attached hydrogens (tertiary/aromatic N) is 3. The molecule has 3 rings (SSSR count). The zero-order chi connectivity index (χ0) is 17.6. The minimum Gasteiger partial charge on any atom is -0.344 e. The predicted molar refractivity (Wildman–Crippen MR) is 94.8 cm³/mol. The van der Waals surface area contributed by atoms with E-state index in [2.05, 4.69) is 15.5 Å². The Balaban J connectivity index is 1.77. The molecule has 0 aliphatic carbocycles. The van der Waals surface area contributed by atoms with E-state index in [1.165, 1.54) is 6.07 Å². The summed E-state index contributed by atoms with van der Waals surface area (Å²) < 4.78 is 19.5. The van der Waals surface area contributed by atoms with Crippen LogP contribution in [0.3, 0.4) is 0 Å². The summed E-state index contributed by atoms with van der Waals surface area (Å²) in [6.07, 6.45) is 0.663. The van der Waals surface area contributed by atoms with Crippen molar-refractivity contribution in [3.8, 4) is 0 Å². The summed E-state index contributed by atoms with van der Waals surface area (Å²) >= 11 is 0. The predicted octanol–water partition coefficient (Wildman–Crippen LogP) is 3.35. The smallest absolute Gasteiger partial charge is 0.265 e. The second kappa shape index (κ2) is 7.90. The van der Waals surface area contributed by atoms with Crippen LogP contribution in [0.25, 0.3) is 0 Å². The van der Waals surface area contributed by atoms with Gasteiger partial charge >= 0.3 is 0 Å². The van der Waals surface area contributed by atoms with E-state index in [0.29, 0.717) is 30.4 Å². The molecule has 1 atom stereocenters. The fourth-order valence-corrected chi connectivity index (χ4v) is 2.61. The second-order valence-electron chi connectivity index (χ2n) is 6.03. The van der Waals surface area contributed by atoms with E-state index < -0.39 is 0 Å². The number of anilines is 1.